The summed E-state index contributed by atoms with van der Waals surface area (Å²) < 4.78 is 0. The molecule has 0 saturated heterocycles. The lowest BCUT2D eigenvalue weighted by molar-refractivity contribution is -0.112. The summed E-state index contributed by atoms with van der Waals surface area (Å²) in [5.74, 6) is -0.126. The van der Waals surface area contributed by atoms with Crippen molar-refractivity contribution >= 4 is 11.7 Å². The monoisotopic (exact) mass is 141 g/mol. The first-order valence-electron chi connectivity index (χ1n) is 3.39. The third kappa shape index (κ3) is 1.72. The standard InChI is InChI=1S/C6H11N3O/c7-5(10)6-8-3-1-2-4-9-6/h1-4H2,(H2,7,10)(H,8,9). The van der Waals surface area contributed by atoms with Crippen molar-refractivity contribution in [3.63, 3.8) is 0 Å². The van der Waals surface area contributed by atoms with E-state index in [1.54, 1.807) is 0 Å². The van der Waals surface area contributed by atoms with Crippen LogP contribution in [0.25, 0.3) is 0 Å². The molecule has 0 aromatic rings. The molecule has 0 atom stereocenters. The first-order chi connectivity index (χ1) is 4.80. The van der Waals surface area contributed by atoms with Crippen LogP contribution in [0.2, 0.25) is 0 Å². The van der Waals surface area contributed by atoms with Crippen molar-refractivity contribution in [2.75, 3.05) is 13.1 Å². The van der Waals surface area contributed by atoms with Crippen LogP contribution >= 0.6 is 0 Å². The molecule has 0 radical (unpaired) electrons. The first kappa shape index (κ1) is 7.05. The van der Waals surface area contributed by atoms with E-state index >= 15 is 0 Å². The van der Waals surface area contributed by atoms with Crippen molar-refractivity contribution in [2.45, 2.75) is 12.8 Å². The lowest BCUT2D eigenvalue weighted by Crippen LogP contribution is -2.36. The minimum atomic E-state index is -0.457. The summed E-state index contributed by atoms with van der Waals surface area (Å²) in [4.78, 5) is 14.5. The fourth-order valence-corrected chi connectivity index (χ4v) is 0.855. The smallest absolute Gasteiger partial charge is 0.283 e. The van der Waals surface area contributed by atoms with Gasteiger partial charge < -0.3 is 11.1 Å². The Morgan fingerprint density at radius 3 is 3.10 bits per heavy atom. The molecule has 1 heterocycles. The molecule has 1 amide bonds. The number of primary amides is 1. The van der Waals surface area contributed by atoms with Crippen molar-refractivity contribution in [1.82, 2.24) is 5.32 Å². The average Bonchev–Trinajstić information content (AvgIpc) is 2.12. The fraction of sp³-hybridized carbons (Fsp3) is 0.667. The zero-order valence-corrected chi connectivity index (χ0v) is 5.76. The highest BCUT2D eigenvalue weighted by Gasteiger charge is 2.06. The van der Waals surface area contributed by atoms with Gasteiger partial charge in [0.2, 0.25) is 0 Å². The van der Waals surface area contributed by atoms with Crippen LogP contribution in [0.5, 0.6) is 0 Å². The summed E-state index contributed by atoms with van der Waals surface area (Å²) in [6, 6.07) is 0. The molecule has 4 heteroatoms. The van der Waals surface area contributed by atoms with Crippen molar-refractivity contribution in [2.24, 2.45) is 10.7 Å². The lowest BCUT2D eigenvalue weighted by Gasteiger charge is -1.99. The number of hydrogen-bond acceptors (Lipinski definition) is 3. The molecule has 4 nitrogen and oxygen atoms in total. The molecule has 0 aromatic heterocycles. The molecular formula is C6H11N3O. The van der Waals surface area contributed by atoms with E-state index in [-0.39, 0.29) is 0 Å². The predicted octanol–water partition coefficient (Wildman–Crippen LogP) is -0.746. The molecular weight excluding hydrogens is 130 g/mol. The molecule has 1 aliphatic heterocycles. The Morgan fingerprint density at radius 1 is 1.60 bits per heavy atom. The molecule has 1 aliphatic rings. The number of nitrogens with one attached hydrogen (secondary N) is 1. The number of carbonyl (C=O) groups excluding carboxylic acids is 1. The van der Waals surface area contributed by atoms with E-state index in [0.29, 0.717) is 12.4 Å². The van der Waals surface area contributed by atoms with Gasteiger partial charge in [0.1, 0.15) is 0 Å². The van der Waals surface area contributed by atoms with Gasteiger partial charge in [-0.25, -0.2) is 0 Å². The van der Waals surface area contributed by atoms with Gasteiger partial charge in [0.05, 0.1) is 0 Å². The number of aliphatic imine (C=N–C) groups is 1. The Balaban J connectivity index is 2.54. The number of nitrogens with two attached hydrogens (primary N) is 1. The highest BCUT2D eigenvalue weighted by Crippen LogP contribution is 1.92. The summed E-state index contributed by atoms with van der Waals surface area (Å²) >= 11 is 0. The zero-order valence-electron chi connectivity index (χ0n) is 5.76. The van der Waals surface area contributed by atoms with Crippen LogP contribution in [0.1, 0.15) is 12.8 Å². The van der Waals surface area contributed by atoms with Crippen molar-refractivity contribution in [1.29, 1.82) is 0 Å². The maximum absolute atomic E-state index is 10.5. The number of hydrogen-bond donors (Lipinski definition) is 2. The molecule has 0 saturated carbocycles. The molecule has 0 unspecified atom stereocenters. The quantitative estimate of drug-likeness (QED) is 0.504. The van der Waals surface area contributed by atoms with Crippen molar-refractivity contribution < 1.29 is 4.79 Å². The van der Waals surface area contributed by atoms with Gasteiger partial charge in [-0.15, -0.1) is 0 Å². The Bertz CT molecular complexity index is 164. The van der Waals surface area contributed by atoms with Gasteiger partial charge in [0.25, 0.3) is 5.91 Å². The average molecular weight is 141 g/mol. The molecule has 0 fully saturated rings. The molecule has 10 heavy (non-hydrogen) atoms. The summed E-state index contributed by atoms with van der Waals surface area (Å²) in [6.45, 7) is 1.52. The van der Waals surface area contributed by atoms with E-state index in [2.05, 4.69) is 10.3 Å². The highest BCUT2D eigenvalue weighted by atomic mass is 16.1. The van der Waals surface area contributed by atoms with Crippen molar-refractivity contribution in [3.05, 3.63) is 0 Å². The van der Waals surface area contributed by atoms with Crippen LogP contribution in [-0.4, -0.2) is 24.8 Å². The number of nitrogens with zero attached hydrogens (tertiary/aromatic N) is 1. The molecule has 0 bridgehead atoms. The largest absolute Gasteiger partial charge is 0.366 e. The summed E-state index contributed by atoms with van der Waals surface area (Å²) in [5, 5.41) is 2.86. The molecule has 1 rings (SSSR count). The number of amides is 1. The zero-order chi connectivity index (χ0) is 7.40. The maximum atomic E-state index is 10.5. The van der Waals surface area contributed by atoms with Crippen LogP contribution in [0.15, 0.2) is 4.99 Å². The van der Waals surface area contributed by atoms with Gasteiger partial charge in [-0.05, 0) is 12.8 Å². The van der Waals surface area contributed by atoms with Gasteiger partial charge in [0, 0.05) is 13.1 Å². The van der Waals surface area contributed by atoms with Gasteiger partial charge in [-0.3, -0.25) is 9.79 Å². The minimum absolute atomic E-state index is 0.331. The Kier molecular flexibility index (Phi) is 2.25. The Labute approximate surface area is 59.5 Å². The van der Waals surface area contributed by atoms with Crippen molar-refractivity contribution in [3.8, 4) is 0 Å². The number of rotatable bonds is 1. The normalized spacial score (nSPS) is 18.6. The molecule has 0 spiro atoms. The molecule has 0 aliphatic carbocycles. The predicted molar refractivity (Wildman–Crippen MR) is 38.7 cm³/mol. The summed E-state index contributed by atoms with van der Waals surface area (Å²) in [6.07, 6.45) is 2.09. The number of carbonyl (C=O) groups is 1. The SMILES string of the molecule is NC(=O)C1=NCCCCN1. The van der Waals surface area contributed by atoms with Crippen LogP contribution in [0.3, 0.4) is 0 Å². The van der Waals surface area contributed by atoms with Gasteiger partial charge in [-0.1, -0.05) is 0 Å². The second kappa shape index (κ2) is 3.20. The summed E-state index contributed by atoms with van der Waals surface area (Å²) in [7, 11) is 0. The first-order valence-corrected chi connectivity index (χ1v) is 3.39. The van der Waals surface area contributed by atoms with Crippen LogP contribution < -0.4 is 11.1 Å². The van der Waals surface area contributed by atoms with Gasteiger partial charge in [0.15, 0.2) is 5.84 Å². The third-order valence-electron chi connectivity index (χ3n) is 1.38. The van der Waals surface area contributed by atoms with Gasteiger partial charge in [-0.2, -0.15) is 0 Å². The second-order valence-corrected chi connectivity index (χ2v) is 2.23. The third-order valence-corrected chi connectivity index (χ3v) is 1.38. The maximum Gasteiger partial charge on any atom is 0.283 e. The Morgan fingerprint density at radius 2 is 2.40 bits per heavy atom. The minimum Gasteiger partial charge on any atom is -0.366 e. The van der Waals surface area contributed by atoms with E-state index in [9.17, 15) is 4.79 Å². The van der Waals surface area contributed by atoms with E-state index < -0.39 is 5.91 Å². The van der Waals surface area contributed by atoms with Crippen LogP contribution in [0, 0.1) is 0 Å². The van der Waals surface area contributed by atoms with E-state index in [0.717, 1.165) is 19.4 Å². The van der Waals surface area contributed by atoms with Gasteiger partial charge >= 0.3 is 0 Å². The van der Waals surface area contributed by atoms with Crippen LogP contribution in [0.4, 0.5) is 0 Å². The van der Waals surface area contributed by atoms with E-state index in [1.165, 1.54) is 0 Å². The second-order valence-electron chi connectivity index (χ2n) is 2.23. The van der Waals surface area contributed by atoms with E-state index in [1.807, 2.05) is 0 Å². The topological polar surface area (TPSA) is 67.5 Å². The molecule has 3 N–H and O–H groups in total. The summed E-state index contributed by atoms with van der Waals surface area (Å²) in [5.41, 5.74) is 5.00. The molecule has 56 valence electrons. The Hall–Kier alpha value is -1.06. The highest BCUT2D eigenvalue weighted by molar-refractivity contribution is 6.37. The van der Waals surface area contributed by atoms with E-state index in [4.69, 9.17) is 5.73 Å². The number of amidine groups is 1. The fourth-order valence-electron chi connectivity index (χ4n) is 0.855. The lowest BCUT2D eigenvalue weighted by atomic mass is 10.3. The van der Waals surface area contributed by atoms with Crippen LogP contribution in [-0.2, 0) is 4.79 Å². The molecule has 0 aromatic carbocycles.